The molecule has 2 amide bonds. The number of carbonyl (C=O) groups is 2. The number of anilines is 2. The minimum absolute atomic E-state index is 0.0346. The van der Waals surface area contributed by atoms with Crippen molar-refractivity contribution in [2.24, 2.45) is 0 Å². The van der Waals surface area contributed by atoms with Crippen LogP contribution in [-0.4, -0.2) is 38.1 Å². The van der Waals surface area contributed by atoms with Crippen LogP contribution in [0.25, 0.3) is 0 Å². The van der Waals surface area contributed by atoms with Gasteiger partial charge in [-0.05, 0) is 61.0 Å². The van der Waals surface area contributed by atoms with Gasteiger partial charge < -0.3 is 10.2 Å². The molecule has 16 heteroatoms. The minimum Gasteiger partial charge on any atom is -0.319 e. The Morgan fingerprint density at radius 1 is 0.818 bits per heavy atom. The summed E-state index contributed by atoms with van der Waals surface area (Å²) in [6, 6.07) is 7.06. The number of rotatable bonds is 5. The van der Waals surface area contributed by atoms with Crippen LogP contribution in [0.4, 0.5) is 64.1 Å². The monoisotopic (exact) mass is 648 g/mol. The number of benzene rings is 3. The third-order valence-electron chi connectivity index (χ3n) is 5.69. The first kappa shape index (κ1) is 37.8. The zero-order valence-electron chi connectivity index (χ0n) is 23.2. The lowest BCUT2D eigenvalue weighted by Gasteiger charge is -2.30. The number of hydrogen-bond donors (Lipinski definition) is 1. The van der Waals surface area contributed by atoms with Crippen molar-refractivity contribution in [1.29, 1.82) is 0 Å². The van der Waals surface area contributed by atoms with Crippen molar-refractivity contribution in [3.63, 3.8) is 0 Å². The lowest BCUT2D eigenvalue weighted by molar-refractivity contribution is -0.348. The van der Waals surface area contributed by atoms with Gasteiger partial charge in [0.2, 0.25) is 6.93 Å². The molecular weight excluding hydrogens is 624 g/mol. The van der Waals surface area contributed by atoms with E-state index < -0.39 is 82.3 Å². The molecule has 0 heterocycles. The molecule has 0 saturated heterocycles. The van der Waals surface area contributed by atoms with Crippen LogP contribution < -0.4 is 10.2 Å². The molecule has 3 aromatic rings. The van der Waals surface area contributed by atoms with E-state index in [2.05, 4.69) is 0 Å². The smallest absolute Gasteiger partial charge is 0.319 e. The van der Waals surface area contributed by atoms with Gasteiger partial charge in [-0.25, -0.2) is 26.3 Å². The number of aryl methyl sites for hydroxylation is 1. The maximum absolute atomic E-state index is 15.2. The molecule has 0 fully saturated rings. The largest absolute Gasteiger partial charge is 0.435 e. The van der Waals surface area contributed by atoms with Gasteiger partial charge in [0.15, 0.2) is 5.82 Å². The highest BCUT2D eigenvalue weighted by Crippen LogP contribution is 2.53. The summed E-state index contributed by atoms with van der Waals surface area (Å²) in [5.41, 5.74) is -10.9. The average molecular weight is 648 g/mol. The lowest BCUT2D eigenvalue weighted by Crippen LogP contribution is -2.50. The number of nitrogens with one attached hydrogen (secondary N) is 1. The molecule has 0 atom stereocenters. The third-order valence-corrected chi connectivity index (χ3v) is 5.69. The first-order chi connectivity index (χ1) is 20.3. The van der Waals surface area contributed by atoms with Crippen LogP contribution in [0.3, 0.4) is 0 Å². The molecule has 4 nitrogen and oxygen atoms in total. The van der Waals surface area contributed by atoms with Crippen molar-refractivity contribution in [3.8, 4) is 0 Å². The molecule has 0 aliphatic carbocycles. The van der Waals surface area contributed by atoms with E-state index >= 15 is 4.39 Å². The Kier molecular flexibility index (Phi) is 12.9. The standard InChI is InChI=1S/C25H16F10N2O2.C2H6.CH2F2/c1-12-10-14(23(29,24(30,31)32)25(33,34)35)11-17(27)20(12)36-21(38)16-4-3-5-18(19(16)28)37(2)22(39)13-6-8-15(26)9-7-13;1-2;2-1-3/h3-11H,1-2H3,(H,36,38);1-2H3;1H2. The van der Waals surface area contributed by atoms with Gasteiger partial charge in [-0.1, -0.05) is 19.9 Å². The molecule has 0 aliphatic heterocycles. The highest BCUT2D eigenvalue weighted by Gasteiger charge is 2.73. The van der Waals surface area contributed by atoms with E-state index in [9.17, 15) is 57.9 Å². The fraction of sp³-hybridized carbons (Fsp3) is 0.286. The number of hydrogen-bond acceptors (Lipinski definition) is 2. The van der Waals surface area contributed by atoms with Gasteiger partial charge in [-0.15, -0.1) is 0 Å². The summed E-state index contributed by atoms with van der Waals surface area (Å²) in [6.07, 6.45) is -13.0. The summed E-state index contributed by atoms with van der Waals surface area (Å²) < 4.78 is 155. The molecule has 0 aromatic heterocycles. The van der Waals surface area contributed by atoms with Crippen LogP contribution in [-0.2, 0) is 5.67 Å². The second-order valence-electron chi connectivity index (χ2n) is 8.37. The van der Waals surface area contributed by atoms with Crippen LogP contribution in [0.2, 0.25) is 0 Å². The summed E-state index contributed by atoms with van der Waals surface area (Å²) in [5.74, 6) is -5.96. The van der Waals surface area contributed by atoms with Gasteiger partial charge in [0.05, 0.1) is 16.9 Å². The predicted octanol–water partition coefficient (Wildman–Crippen LogP) is 9.14. The van der Waals surface area contributed by atoms with E-state index in [1.54, 1.807) is 0 Å². The Labute approximate surface area is 243 Å². The highest BCUT2D eigenvalue weighted by molar-refractivity contribution is 6.08. The Hall–Kier alpha value is -4.24. The van der Waals surface area contributed by atoms with Crippen LogP contribution in [0.15, 0.2) is 54.6 Å². The molecule has 1 N–H and O–H groups in total. The number of carbonyl (C=O) groups excluding carboxylic acids is 2. The maximum Gasteiger partial charge on any atom is 0.435 e. The SMILES string of the molecule is CC.Cc1cc(C(F)(C(F)(F)F)C(F)(F)F)cc(F)c1NC(=O)c1cccc(N(C)C(=O)c2ccc(F)cc2)c1F.FCF. The quantitative estimate of drug-likeness (QED) is 0.281. The van der Waals surface area contributed by atoms with Crippen LogP contribution >= 0.6 is 0 Å². The van der Waals surface area contributed by atoms with Gasteiger partial charge in [0.1, 0.15) is 11.6 Å². The Morgan fingerprint density at radius 2 is 1.32 bits per heavy atom. The van der Waals surface area contributed by atoms with Crippen molar-refractivity contribution in [3.05, 3.63) is 94.3 Å². The van der Waals surface area contributed by atoms with E-state index in [0.717, 1.165) is 61.3 Å². The summed E-state index contributed by atoms with van der Waals surface area (Å²) in [6.45, 7) is 3.05. The molecule has 0 spiro atoms. The summed E-state index contributed by atoms with van der Waals surface area (Å²) in [4.78, 5) is 26.1. The summed E-state index contributed by atoms with van der Waals surface area (Å²) in [7, 11) is 1.14. The van der Waals surface area contributed by atoms with Crippen molar-refractivity contribution in [1.82, 2.24) is 0 Å². The van der Waals surface area contributed by atoms with Crippen LogP contribution in [0, 0.1) is 24.4 Å². The fourth-order valence-corrected chi connectivity index (χ4v) is 3.62. The second kappa shape index (κ2) is 15.0. The number of alkyl halides is 9. The molecule has 0 saturated carbocycles. The lowest BCUT2D eigenvalue weighted by atomic mass is 9.92. The van der Waals surface area contributed by atoms with Crippen molar-refractivity contribution in [2.45, 2.75) is 38.8 Å². The normalized spacial score (nSPS) is 11.5. The second-order valence-corrected chi connectivity index (χ2v) is 8.37. The number of amides is 2. The molecule has 3 rings (SSSR count). The van der Waals surface area contributed by atoms with Gasteiger partial charge in [0.25, 0.3) is 11.8 Å². The van der Waals surface area contributed by atoms with E-state index in [-0.39, 0.29) is 17.7 Å². The molecule has 44 heavy (non-hydrogen) atoms. The van der Waals surface area contributed by atoms with Crippen molar-refractivity contribution >= 4 is 23.2 Å². The van der Waals surface area contributed by atoms with Gasteiger partial charge >= 0.3 is 18.0 Å². The molecule has 3 aromatic carbocycles. The van der Waals surface area contributed by atoms with Crippen molar-refractivity contribution < 1.29 is 62.3 Å². The molecular formula is C28H24F12N2O2. The highest BCUT2D eigenvalue weighted by atomic mass is 19.4. The first-order valence-corrected chi connectivity index (χ1v) is 12.2. The third kappa shape index (κ3) is 8.02. The maximum atomic E-state index is 15.2. The summed E-state index contributed by atoms with van der Waals surface area (Å²) >= 11 is 0. The van der Waals surface area contributed by atoms with E-state index in [4.69, 9.17) is 0 Å². The van der Waals surface area contributed by atoms with Gasteiger partial charge in [0, 0.05) is 18.2 Å². The van der Waals surface area contributed by atoms with Crippen molar-refractivity contribution in [2.75, 3.05) is 24.2 Å². The van der Waals surface area contributed by atoms with Gasteiger partial charge in [-0.3, -0.25) is 9.59 Å². The molecule has 0 radical (unpaired) electrons. The van der Waals surface area contributed by atoms with E-state index in [1.807, 2.05) is 19.2 Å². The molecule has 0 aliphatic rings. The van der Waals surface area contributed by atoms with Crippen LogP contribution in [0.1, 0.15) is 45.7 Å². The predicted molar refractivity (Wildman–Crippen MR) is 138 cm³/mol. The first-order valence-electron chi connectivity index (χ1n) is 12.2. The zero-order chi connectivity index (χ0) is 34.2. The topological polar surface area (TPSA) is 49.4 Å². The Balaban J connectivity index is 0.00000182. The number of halogens is 12. The Morgan fingerprint density at radius 3 is 1.77 bits per heavy atom. The Bertz CT molecular complexity index is 1400. The molecule has 0 bridgehead atoms. The average Bonchev–Trinajstić information content (AvgIpc) is 2.94. The molecule has 0 unspecified atom stereocenters. The van der Waals surface area contributed by atoms with Crippen LogP contribution in [0.5, 0.6) is 0 Å². The van der Waals surface area contributed by atoms with E-state index in [0.29, 0.717) is 0 Å². The zero-order valence-corrected chi connectivity index (χ0v) is 23.2. The van der Waals surface area contributed by atoms with Gasteiger partial charge in [-0.2, -0.15) is 26.3 Å². The van der Waals surface area contributed by atoms with E-state index in [1.165, 1.54) is 0 Å². The number of nitrogens with zero attached hydrogens (tertiary/aromatic N) is 1. The molecule has 242 valence electrons. The minimum atomic E-state index is -6.49. The summed E-state index contributed by atoms with van der Waals surface area (Å²) in [5, 5.41) is 1.84. The fourth-order valence-electron chi connectivity index (χ4n) is 3.62.